The van der Waals surface area contributed by atoms with Gasteiger partial charge >= 0.3 is 0 Å². The number of thioether (sulfide) groups is 1. The van der Waals surface area contributed by atoms with Crippen LogP contribution >= 0.6 is 23.1 Å². The van der Waals surface area contributed by atoms with Gasteiger partial charge in [0.15, 0.2) is 5.16 Å². The Labute approximate surface area is 149 Å². The minimum atomic E-state index is 0.0775. The predicted molar refractivity (Wildman–Crippen MR) is 97.6 cm³/mol. The summed E-state index contributed by atoms with van der Waals surface area (Å²) in [6, 6.07) is 14.0. The van der Waals surface area contributed by atoms with Gasteiger partial charge < -0.3 is 4.90 Å². The van der Waals surface area contributed by atoms with Gasteiger partial charge in [-0.2, -0.15) is 0 Å². The molecule has 1 aromatic carbocycles. The molecule has 0 unspecified atom stereocenters. The van der Waals surface area contributed by atoms with Crippen LogP contribution in [0.4, 0.5) is 0 Å². The van der Waals surface area contributed by atoms with Crippen LogP contribution < -0.4 is 0 Å². The second-order valence-electron chi connectivity index (χ2n) is 5.32. The maximum Gasteiger partial charge on any atom is 0.233 e. The van der Waals surface area contributed by atoms with Gasteiger partial charge in [-0.15, -0.1) is 21.5 Å². The van der Waals surface area contributed by atoms with Gasteiger partial charge in [0.2, 0.25) is 5.91 Å². The average Bonchev–Trinajstić information content (AvgIpc) is 3.23. The van der Waals surface area contributed by atoms with Gasteiger partial charge in [0, 0.05) is 17.6 Å². The highest BCUT2D eigenvalue weighted by Gasteiger charge is 2.15. The first-order valence-corrected chi connectivity index (χ1v) is 9.38. The molecule has 1 amide bonds. The van der Waals surface area contributed by atoms with Crippen LogP contribution in [0.2, 0.25) is 0 Å². The maximum atomic E-state index is 12.3. The van der Waals surface area contributed by atoms with Gasteiger partial charge in [-0.05, 0) is 30.5 Å². The molecule has 0 fully saturated rings. The van der Waals surface area contributed by atoms with Crippen molar-refractivity contribution in [1.29, 1.82) is 0 Å². The Bertz CT molecular complexity index is 799. The summed E-state index contributed by atoms with van der Waals surface area (Å²) in [4.78, 5) is 15.3. The van der Waals surface area contributed by atoms with Crippen molar-refractivity contribution >= 4 is 29.0 Å². The van der Waals surface area contributed by atoms with Crippen molar-refractivity contribution in [2.75, 3.05) is 12.8 Å². The Hall–Kier alpha value is -2.12. The van der Waals surface area contributed by atoms with E-state index in [4.69, 9.17) is 0 Å². The van der Waals surface area contributed by atoms with Crippen LogP contribution in [0.5, 0.6) is 0 Å². The summed E-state index contributed by atoms with van der Waals surface area (Å²) in [5, 5.41) is 11.1. The van der Waals surface area contributed by atoms with Crippen molar-refractivity contribution in [3.05, 3.63) is 58.5 Å². The first-order valence-electron chi connectivity index (χ1n) is 7.51. The lowest BCUT2D eigenvalue weighted by molar-refractivity contribution is -0.127. The molecule has 0 bridgehead atoms. The Morgan fingerprint density at radius 1 is 1.21 bits per heavy atom. The number of carbonyl (C=O) groups is 1. The van der Waals surface area contributed by atoms with E-state index in [0.717, 1.165) is 16.7 Å². The van der Waals surface area contributed by atoms with Crippen LogP contribution in [0, 0.1) is 6.92 Å². The molecule has 3 aromatic rings. The lowest BCUT2D eigenvalue weighted by atomic mass is 10.3. The van der Waals surface area contributed by atoms with Crippen LogP contribution in [-0.2, 0) is 11.3 Å². The zero-order valence-corrected chi connectivity index (χ0v) is 15.2. The summed E-state index contributed by atoms with van der Waals surface area (Å²) in [7, 11) is 1.83. The van der Waals surface area contributed by atoms with E-state index in [1.807, 2.05) is 66.4 Å². The molecule has 24 heavy (non-hydrogen) atoms. The van der Waals surface area contributed by atoms with E-state index in [9.17, 15) is 4.79 Å². The number of hydrogen-bond acceptors (Lipinski definition) is 5. The normalized spacial score (nSPS) is 10.8. The summed E-state index contributed by atoms with van der Waals surface area (Å²) < 4.78 is 1.97. The Morgan fingerprint density at radius 2 is 2.00 bits per heavy atom. The number of rotatable bonds is 6. The largest absolute Gasteiger partial charge is 0.340 e. The van der Waals surface area contributed by atoms with Gasteiger partial charge in [-0.25, -0.2) is 0 Å². The standard InChI is InChI=1S/C17H18N4OS2/c1-13-18-19-17(21(13)14-7-4-3-5-8-14)24-12-16(22)20(2)11-15-9-6-10-23-15/h3-10H,11-12H2,1-2H3. The average molecular weight is 358 g/mol. The molecule has 0 saturated heterocycles. The molecule has 0 saturated carbocycles. The van der Waals surface area contributed by atoms with Crippen LogP contribution in [0.1, 0.15) is 10.7 Å². The predicted octanol–water partition coefficient (Wildman–Crippen LogP) is 3.39. The quantitative estimate of drug-likeness (QED) is 0.634. The molecule has 0 radical (unpaired) electrons. The third kappa shape index (κ3) is 3.85. The molecule has 2 aromatic heterocycles. The van der Waals surface area contributed by atoms with Crippen molar-refractivity contribution in [2.24, 2.45) is 0 Å². The smallest absolute Gasteiger partial charge is 0.233 e. The number of aromatic nitrogens is 3. The zero-order chi connectivity index (χ0) is 16.9. The van der Waals surface area contributed by atoms with Crippen LogP contribution in [-0.4, -0.2) is 38.4 Å². The molecule has 5 nitrogen and oxygen atoms in total. The summed E-state index contributed by atoms with van der Waals surface area (Å²) in [6.45, 7) is 2.55. The topological polar surface area (TPSA) is 51.0 Å². The van der Waals surface area contributed by atoms with Gasteiger partial charge in [0.25, 0.3) is 0 Å². The first kappa shape index (κ1) is 16.7. The highest BCUT2D eigenvalue weighted by atomic mass is 32.2. The minimum absolute atomic E-state index is 0.0775. The fraction of sp³-hybridized carbons (Fsp3) is 0.235. The Balaban J connectivity index is 1.66. The number of hydrogen-bond donors (Lipinski definition) is 0. The van der Waals surface area contributed by atoms with E-state index >= 15 is 0 Å². The van der Waals surface area contributed by atoms with Gasteiger partial charge in [-0.1, -0.05) is 36.0 Å². The molecule has 3 rings (SSSR count). The highest BCUT2D eigenvalue weighted by Crippen LogP contribution is 2.22. The molecule has 7 heteroatoms. The van der Waals surface area contributed by atoms with E-state index in [1.54, 1.807) is 16.2 Å². The fourth-order valence-electron chi connectivity index (χ4n) is 2.27. The molecule has 0 aliphatic rings. The van der Waals surface area contributed by atoms with Crippen LogP contribution in [0.3, 0.4) is 0 Å². The second-order valence-corrected chi connectivity index (χ2v) is 7.29. The molecule has 124 valence electrons. The van der Waals surface area contributed by atoms with E-state index in [1.165, 1.54) is 16.6 Å². The number of carbonyl (C=O) groups excluding carboxylic acids is 1. The summed E-state index contributed by atoms with van der Waals surface area (Å²) >= 11 is 3.07. The highest BCUT2D eigenvalue weighted by molar-refractivity contribution is 7.99. The SMILES string of the molecule is Cc1nnc(SCC(=O)N(C)Cc2cccs2)n1-c1ccccc1. The van der Waals surface area contributed by atoms with Crippen molar-refractivity contribution in [2.45, 2.75) is 18.6 Å². The van der Waals surface area contributed by atoms with E-state index in [0.29, 0.717) is 12.3 Å². The van der Waals surface area contributed by atoms with Crippen molar-refractivity contribution in [3.63, 3.8) is 0 Å². The number of nitrogens with zero attached hydrogens (tertiary/aromatic N) is 4. The Kier molecular flexibility index (Phi) is 5.32. The number of amides is 1. The molecular formula is C17H18N4OS2. The van der Waals surface area contributed by atoms with Crippen molar-refractivity contribution in [1.82, 2.24) is 19.7 Å². The Morgan fingerprint density at radius 3 is 2.71 bits per heavy atom. The van der Waals surface area contributed by atoms with Crippen molar-refractivity contribution in [3.8, 4) is 5.69 Å². The molecule has 0 atom stereocenters. The first-order chi connectivity index (χ1) is 11.6. The zero-order valence-electron chi connectivity index (χ0n) is 13.5. The van der Waals surface area contributed by atoms with Gasteiger partial charge in [-0.3, -0.25) is 9.36 Å². The number of aryl methyl sites for hydroxylation is 1. The van der Waals surface area contributed by atoms with E-state index < -0.39 is 0 Å². The second kappa shape index (κ2) is 7.63. The third-order valence-corrected chi connectivity index (χ3v) is 5.31. The summed E-state index contributed by atoms with van der Waals surface area (Å²) in [5.74, 6) is 1.23. The van der Waals surface area contributed by atoms with Gasteiger partial charge in [0.05, 0.1) is 12.3 Å². The third-order valence-electron chi connectivity index (χ3n) is 3.53. The molecule has 2 heterocycles. The minimum Gasteiger partial charge on any atom is -0.340 e. The monoisotopic (exact) mass is 358 g/mol. The molecule has 0 spiro atoms. The van der Waals surface area contributed by atoms with E-state index in [2.05, 4.69) is 10.2 Å². The number of thiophene rings is 1. The molecule has 0 aliphatic carbocycles. The molecule has 0 aliphatic heterocycles. The molecular weight excluding hydrogens is 340 g/mol. The number of benzene rings is 1. The summed E-state index contributed by atoms with van der Waals surface area (Å²) in [5.41, 5.74) is 1.00. The van der Waals surface area contributed by atoms with Crippen LogP contribution in [0.25, 0.3) is 5.69 Å². The fourth-order valence-corrected chi connectivity index (χ4v) is 3.97. The van der Waals surface area contributed by atoms with Gasteiger partial charge in [0.1, 0.15) is 5.82 Å². The van der Waals surface area contributed by atoms with E-state index in [-0.39, 0.29) is 5.91 Å². The lowest BCUT2D eigenvalue weighted by Gasteiger charge is -2.16. The van der Waals surface area contributed by atoms with Crippen molar-refractivity contribution < 1.29 is 4.79 Å². The lowest BCUT2D eigenvalue weighted by Crippen LogP contribution is -2.27. The summed E-state index contributed by atoms with van der Waals surface area (Å²) in [6.07, 6.45) is 0. The molecule has 0 N–H and O–H groups in total. The maximum absolute atomic E-state index is 12.3. The number of para-hydroxylation sites is 1. The van der Waals surface area contributed by atoms with Crippen LogP contribution in [0.15, 0.2) is 53.0 Å².